The van der Waals surface area contributed by atoms with E-state index in [0.29, 0.717) is 22.8 Å². The molecule has 2 aromatic carbocycles. The van der Waals surface area contributed by atoms with Crippen molar-refractivity contribution in [3.8, 4) is 17.1 Å². The number of fused-ring (bicyclic) bond motifs is 1. The molecule has 0 aliphatic heterocycles. The van der Waals surface area contributed by atoms with Gasteiger partial charge in [-0.05, 0) is 53.2 Å². The van der Waals surface area contributed by atoms with Gasteiger partial charge in [-0.25, -0.2) is 9.67 Å². The van der Waals surface area contributed by atoms with E-state index in [1.165, 1.54) is 0 Å². The van der Waals surface area contributed by atoms with Crippen LogP contribution >= 0.6 is 0 Å². The van der Waals surface area contributed by atoms with Crippen molar-refractivity contribution in [2.75, 3.05) is 5.32 Å². The number of para-hydroxylation sites is 1. The van der Waals surface area contributed by atoms with E-state index in [4.69, 9.17) is 4.74 Å². The number of benzene rings is 2. The number of pyridine rings is 1. The number of nitrogens with one attached hydrogen (secondary N) is 1. The third-order valence-corrected chi connectivity index (χ3v) is 5.23. The molecule has 0 aliphatic carbocycles. The van der Waals surface area contributed by atoms with Gasteiger partial charge in [-0.1, -0.05) is 30.3 Å². The Hall–Kier alpha value is -4.53. The van der Waals surface area contributed by atoms with Crippen molar-refractivity contribution in [1.29, 1.82) is 0 Å². The Morgan fingerprint density at radius 2 is 1.97 bits per heavy atom. The van der Waals surface area contributed by atoms with Crippen molar-refractivity contribution >= 4 is 17.2 Å². The van der Waals surface area contributed by atoms with Gasteiger partial charge in [0.15, 0.2) is 5.82 Å². The van der Waals surface area contributed by atoms with Crippen LogP contribution in [0.5, 0.6) is 5.75 Å². The number of anilines is 1. The fraction of sp³-hybridized carbons (Fsp3) is 0.125. The lowest BCUT2D eigenvalue weighted by atomic mass is 10.1. The molecular formula is C24H21N7O2. The molecule has 5 rings (SSSR count). The number of hydrogen-bond acceptors (Lipinski definition) is 6. The smallest absolute Gasteiger partial charge is 0.259 e. The second kappa shape index (κ2) is 8.54. The van der Waals surface area contributed by atoms with Crippen LogP contribution < -0.4 is 10.1 Å². The Kier molecular flexibility index (Phi) is 5.27. The number of nitrogens with zero attached hydrogens (tertiary/aromatic N) is 6. The molecule has 33 heavy (non-hydrogen) atoms. The average molecular weight is 439 g/mol. The molecular weight excluding hydrogens is 418 g/mol. The summed E-state index contributed by atoms with van der Waals surface area (Å²) in [6.45, 7) is 2.27. The highest BCUT2D eigenvalue weighted by Crippen LogP contribution is 2.23. The van der Waals surface area contributed by atoms with Crippen molar-refractivity contribution < 1.29 is 9.53 Å². The summed E-state index contributed by atoms with van der Waals surface area (Å²) in [5, 5.41) is 14.5. The van der Waals surface area contributed by atoms with Gasteiger partial charge in [0.2, 0.25) is 0 Å². The molecule has 0 atom stereocenters. The summed E-state index contributed by atoms with van der Waals surface area (Å²) in [7, 11) is 1.76. The predicted octanol–water partition coefficient (Wildman–Crippen LogP) is 3.66. The Morgan fingerprint density at radius 3 is 2.79 bits per heavy atom. The number of imidazole rings is 1. The van der Waals surface area contributed by atoms with E-state index >= 15 is 0 Å². The number of aromatic nitrogens is 6. The molecule has 0 fully saturated rings. The van der Waals surface area contributed by atoms with E-state index < -0.39 is 0 Å². The summed E-state index contributed by atoms with van der Waals surface area (Å²) in [6, 6.07) is 18.5. The highest BCUT2D eigenvalue weighted by Gasteiger charge is 2.14. The lowest BCUT2D eigenvalue weighted by Crippen LogP contribution is -2.13. The van der Waals surface area contributed by atoms with E-state index in [9.17, 15) is 4.79 Å². The highest BCUT2D eigenvalue weighted by atomic mass is 16.5. The molecule has 1 amide bonds. The lowest BCUT2D eigenvalue weighted by molar-refractivity contribution is 0.102. The Balaban J connectivity index is 1.33. The summed E-state index contributed by atoms with van der Waals surface area (Å²) >= 11 is 0. The van der Waals surface area contributed by atoms with Gasteiger partial charge in [-0.3, -0.25) is 4.79 Å². The van der Waals surface area contributed by atoms with Gasteiger partial charge in [0.1, 0.15) is 18.0 Å². The molecule has 0 saturated carbocycles. The summed E-state index contributed by atoms with van der Waals surface area (Å²) in [5.41, 5.74) is 4.62. The van der Waals surface area contributed by atoms with Crippen LogP contribution in [0.15, 0.2) is 73.1 Å². The Bertz CT molecular complexity index is 1450. The maximum Gasteiger partial charge on any atom is 0.259 e. The first-order chi connectivity index (χ1) is 16.1. The second-order valence-electron chi connectivity index (χ2n) is 7.60. The first-order valence-electron chi connectivity index (χ1n) is 10.4. The predicted molar refractivity (Wildman–Crippen MR) is 123 cm³/mol. The largest absolute Gasteiger partial charge is 0.486 e. The number of amides is 1. The van der Waals surface area contributed by atoms with Gasteiger partial charge < -0.3 is 14.5 Å². The van der Waals surface area contributed by atoms with Crippen LogP contribution in [0.1, 0.15) is 21.6 Å². The van der Waals surface area contributed by atoms with Gasteiger partial charge in [0.25, 0.3) is 5.91 Å². The fourth-order valence-electron chi connectivity index (χ4n) is 3.61. The Labute approximate surface area is 189 Å². The summed E-state index contributed by atoms with van der Waals surface area (Å²) in [5.74, 6) is 0.819. The van der Waals surface area contributed by atoms with Crippen LogP contribution in [-0.2, 0) is 13.7 Å². The minimum absolute atomic E-state index is 0.250. The third kappa shape index (κ3) is 4.16. The van der Waals surface area contributed by atoms with Gasteiger partial charge in [0.05, 0.1) is 11.3 Å². The molecule has 0 radical (unpaired) electrons. The first kappa shape index (κ1) is 20.4. The van der Waals surface area contributed by atoms with E-state index in [0.717, 1.165) is 22.5 Å². The number of aryl methyl sites for hydroxylation is 2. The molecule has 0 aliphatic rings. The number of rotatable bonds is 6. The zero-order valence-electron chi connectivity index (χ0n) is 18.1. The zero-order valence-corrected chi connectivity index (χ0v) is 18.1. The van der Waals surface area contributed by atoms with Crippen LogP contribution in [0.3, 0.4) is 0 Å². The third-order valence-electron chi connectivity index (χ3n) is 5.23. The number of hydrogen-bond donors (Lipinski definition) is 1. The number of ether oxygens (including phenoxy) is 1. The molecule has 0 unspecified atom stereocenters. The summed E-state index contributed by atoms with van der Waals surface area (Å²) in [6.07, 6.45) is 3.88. The molecule has 5 aromatic rings. The van der Waals surface area contributed by atoms with Gasteiger partial charge in [-0.15, -0.1) is 5.10 Å². The fourth-order valence-corrected chi connectivity index (χ4v) is 3.61. The second-order valence-corrected chi connectivity index (χ2v) is 7.60. The van der Waals surface area contributed by atoms with Crippen LogP contribution in [0.25, 0.3) is 17.0 Å². The number of carbonyl (C=O) groups excluding carboxylic acids is 1. The average Bonchev–Trinajstić information content (AvgIpc) is 3.45. The summed E-state index contributed by atoms with van der Waals surface area (Å²) in [4.78, 5) is 17.7. The number of carbonyl (C=O) groups is 1. The molecule has 3 aromatic heterocycles. The molecule has 0 saturated heterocycles. The SMILES string of the molecule is Cc1cccn2cc(COc3ccccc3C(=O)Nc3cccc(-c4nnnn4C)c3)nc12. The Morgan fingerprint density at radius 1 is 1.09 bits per heavy atom. The lowest BCUT2D eigenvalue weighted by Gasteiger charge is -2.11. The quantitative estimate of drug-likeness (QED) is 0.433. The molecule has 1 N–H and O–H groups in total. The maximum atomic E-state index is 13.0. The zero-order chi connectivity index (χ0) is 22.8. The molecule has 0 spiro atoms. The van der Waals surface area contributed by atoms with Gasteiger partial charge in [-0.2, -0.15) is 0 Å². The normalized spacial score (nSPS) is 11.0. The van der Waals surface area contributed by atoms with Crippen molar-refractivity contribution in [2.45, 2.75) is 13.5 Å². The molecule has 9 heteroatoms. The van der Waals surface area contributed by atoms with Gasteiger partial charge >= 0.3 is 0 Å². The van der Waals surface area contributed by atoms with E-state index in [1.54, 1.807) is 29.9 Å². The monoisotopic (exact) mass is 439 g/mol. The van der Waals surface area contributed by atoms with Gasteiger partial charge in [0, 0.05) is 30.7 Å². The van der Waals surface area contributed by atoms with Crippen LogP contribution in [0.4, 0.5) is 5.69 Å². The van der Waals surface area contributed by atoms with E-state index in [1.807, 2.05) is 66.2 Å². The first-order valence-corrected chi connectivity index (χ1v) is 10.4. The topological polar surface area (TPSA) is 99.2 Å². The molecule has 3 heterocycles. The summed E-state index contributed by atoms with van der Waals surface area (Å²) < 4.78 is 9.52. The van der Waals surface area contributed by atoms with E-state index in [-0.39, 0.29) is 12.5 Å². The minimum atomic E-state index is -0.273. The van der Waals surface area contributed by atoms with Crippen molar-refractivity contribution in [3.05, 3.63) is 89.9 Å². The van der Waals surface area contributed by atoms with Crippen molar-refractivity contribution in [3.63, 3.8) is 0 Å². The van der Waals surface area contributed by atoms with Crippen LogP contribution in [-0.4, -0.2) is 35.5 Å². The molecule has 0 bridgehead atoms. The maximum absolute atomic E-state index is 13.0. The highest BCUT2D eigenvalue weighted by molar-refractivity contribution is 6.06. The number of tetrazole rings is 1. The van der Waals surface area contributed by atoms with Crippen LogP contribution in [0.2, 0.25) is 0 Å². The van der Waals surface area contributed by atoms with Crippen LogP contribution in [0, 0.1) is 6.92 Å². The van der Waals surface area contributed by atoms with Crippen molar-refractivity contribution in [2.24, 2.45) is 7.05 Å². The van der Waals surface area contributed by atoms with Crippen molar-refractivity contribution in [1.82, 2.24) is 29.6 Å². The van der Waals surface area contributed by atoms with E-state index in [2.05, 4.69) is 25.8 Å². The minimum Gasteiger partial charge on any atom is -0.486 e. The standard InChI is InChI=1S/C24H21N7O2/c1-16-7-6-12-31-14-19(25-22(16)31)15-33-21-11-4-3-10-20(21)24(32)26-18-9-5-8-17(13-18)23-27-28-29-30(23)2/h3-14H,15H2,1-2H3,(H,26,32). The molecule has 164 valence electrons. The molecule has 9 nitrogen and oxygen atoms in total.